The third-order valence-electron chi connectivity index (χ3n) is 3.69. The van der Waals surface area contributed by atoms with Crippen LogP contribution in [0.1, 0.15) is 50.7 Å². The summed E-state index contributed by atoms with van der Waals surface area (Å²) in [5, 5.41) is 10.3. The quantitative estimate of drug-likeness (QED) is 0.752. The highest BCUT2D eigenvalue weighted by Crippen LogP contribution is 2.21. The largest absolute Gasteiger partial charge is 0.392 e. The maximum Gasteiger partial charge on any atom is 0.0608 e. The second-order valence-corrected chi connectivity index (χ2v) is 5.01. The SMILES string of the molecule is CCCCC(CC)C(O)Cc1ccccc1C. The Morgan fingerprint density at radius 1 is 1.18 bits per heavy atom. The third kappa shape index (κ3) is 4.51. The summed E-state index contributed by atoms with van der Waals surface area (Å²) >= 11 is 0. The third-order valence-corrected chi connectivity index (χ3v) is 3.69. The zero-order chi connectivity index (χ0) is 12.7. The van der Waals surface area contributed by atoms with Crippen LogP contribution in [0.25, 0.3) is 0 Å². The smallest absolute Gasteiger partial charge is 0.0608 e. The van der Waals surface area contributed by atoms with Crippen molar-refractivity contribution in [3.63, 3.8) is 0 Å². The molecule has 0 amide bonds. The van der Waals surface area contributed by atoms with Crippen molar-refractivity contribution in [2.45, 2.75) is 59.0 Å². The van der Waals surface area contributed by atoms with Crippen LogP contribution < -0.4 is 0 Å². The van der Waals surface area contributed by atoms with E-state index >= 15 is 0 Å². The van der Waals surface area contributed by atoms with E-state index < -0.39 is 0 Å². The summed E-state index contributed by atoms with van der Waals surface area (Å²) < 4.78 is 0. The number of aliphatic hydroxyl groups excluding tert-OH is 1. The Bertz CT molecular complexity index is 319. The first-order chi connectivity index (χ1) is 8.19. The van der Waals surface area contributed by atoms with Crippen LogP contribution in [0.15, 0.2) is 24.3 Å². The fraction of sp³-hybridized carbons (Fsp3) is 0.625. The summed E-state index contributed by atoms with van der Waals surface area (Å²) in [6.45, 7) is 6.51. The van der Waals surface area contributed by atoms with Crippen LogP contribution in [0, 0.1) is 12.8 Å². The zero-order valence-corrected chi connectivity index (χ0v) is 11.4. The molecule has 0 spiro atoms. The number of aliphatic hydroxyl groups is 1. The van der Waals surface area contributed by atoms with E-state index in [1.165, 1.54) is 24.0 Å². The molecule has 0 heterocycles. The molecule has 1 aromatic rings. The number of hydrogen-bond donors (Lipinski definition) is 1. The molecule has 0 aliphatic carbocycles. The van der Waals surface area contributed by atoms with Crippen molar-refractivity contribution in [3.05, 3.63) is 35.4 Å². The maximum absolute atomic E-state index is 10.3. The van der Waals surface area contributed by atoms with Gasteiger partial charge in [0.15, 0.2) is 0 Å². The van der Waals surface area contributed by atoms with E-state index in [2.05, 4.69) is 45.0 Å². The van der Waals surface area contributed by atoms with E-state index in [0.717, 1.165) is 19.3 Å². The van der Waals surface area contributed by atoms with Gasteiger partial charge in [-0.15, -0.1) is 0 Å². The van der Waals surface area contributed by atoms with Crippen molar-refractivity contribution in [3.8, 4) is 0 Å². The first-order valence-corrected chi connectivity index (χ1v) is 6.91. The number of hydrogen-bond acceptors (Lipinski definition) is 1. The lowest BCUT2D eigenvalue weighted by molar-refractivity contribution is 0.0986. The second kappa shape index (κ2) is 7.50. The summed E-state index contributed by atoms with van der Waals surface area (Å²) in [4.78, 5) is 0. The van der Waals surface area contributed by atoms with Crippen molar-refractivity contribution in [2.75, 3.05) is 0 Å². The van der Waals surface area contributed by atoms with Gasteiger partial charge in [-0.3, -0.25) is 0 Å². The Morgan fingerprint density at radius 2 is 1.88 bits per heavy atom. The fourth-order valence-corrected chi connectivity index (χ4v) is 2.37. The van der Waals surface area contributed by atoms with Crippen LogP contribution >= 0.6 is 0 Å². The first kappa shape index (κ1) is 14.2. The van der Waals surface area contributed by atoms with Gasteiger partial charge < -0.3 is 5.11 Å². The van der Waals surface area contributed by atoms with E-state index in [1.54, 1.807) is 0 Å². The number of rotatable bonds is 7. The van der Waals surface area contributed by atoms with Crippen LogP contribution in [-0.4, -0.2) is 11.2 Å². The molecule has 2 atom stereocenters. The number of benzene rings is 1. The molecule has 17 heavy (non-hydrogen) atoms. The predicted octanol–water partition coefficient (Wildman–Crippen LogP) is 4.11. The minimum absolute atomic E-state index is 0.187. The predicted molar refractivity (Wildman–Crippen MR) is 74.2 cm³/mol. The molecule has 0 aliphatic rings. The molecular weight excluding hydrogens is 208 g/mol. The zero-order valence-electron chi connectivity index (χ0n) is 11.4. The average Bonchev–Trinajstić information content (AvgIpc) is 2.33. The molecule has 1 rings (SSSR count). The van der Waals surface area contributed by atoms with Crippen molar-refractivity contribution in [2.24, 2.45) is 5.92 Å². The summed E-state index contributed by atoms with van der Waals surface area (Å²) in [5.74, 6) is 0.453. The fourth-order valence-electron chi connectivity index (χ4n) is 2.37. The lowest BCUT2D eigenvalue weighted by Gasteiger charge is -2.22. The molecular formula is C16H26O. The number of aryl methyl sites for hydroxylation is 1. The van der Waals surface area contributed by atoms with Gasteiger partial charge in [-0.2, -0.15) is 0 Å². The summed E-state index contributed by atoms with van der Waals surface area (Å²) in [7, 11) is 0. The number of unbranched alkanes of at least 4 members (excludes halogenated alkanes) is 1. The Morgan fingerprint density at radius 3 is 2.47 bits per heavy atom. The first-order valence-electron chi connectivity index (χ1n) is 6.91. The molecule has 96 valence electrons. The maximum atomic E-state index is 10.3. The van der Waals surface area contributed by atoms with Crippen LogP contribution in [-0.2, 0) is 6.42 Å². The van der Waals surface area contributed by atoms with E-state index in [4.69, 9.17) is 0 Å². The molecule has 1 N–H and O–H groups in total. The minimum atomic E-state index is -0.187. The minimum Gasteiger partial charge on any atom is -0.392 e. The molecule has 1 nitrogen and oxygen atoms in total. The Balaban J connectivity index is 2.57. The van der Waals surface area contributed by atoms with Gasteiger partial charge in [0.2, 0.25) is 0 Å². The highest BCUT2D eigenvalue weighted by Gasteiger charge is 2.17. The monoisotopic (exact) mass is 234 g/mol. The van der Waals surface area contributed by atoms with Gasteiger partial charge in [-0.05, 0) is 36.8 Å². The molecule has 2 unspecified atom stereocenters. The van der Waals surface area contributed by atoms with E-state index in [9.17, 15) is 5.11 Å². The normalized spacial score (nSPS) is 14.6. The highest BCUT2D eigenvalue weighted by atomic mass is 16.3. The van der Waals surface area contributed by atoms with Crippen molar-refractivity contribution in [1.82, 2.24) is 0 Å². The van der Waals surface area contributed by atoms with Gasteiger partial charge in [-0.1, -0.05) is 57.4 Å². The van der Waals surface area contributed by atoms with Gasteiger partial charge in [0.25, 0.3) is 0 Å². The van der Waals surface area contributed by atoms with E-state index in [-0.39, 0.29) is 6.10 Å². The lowest BCUT2D eigenvalue weighted by atomic mass is 9.88. The van der Waals surface area contributed by atoms with Crippen LogP contribution in [0.3, 0.4) is 0 Å². The van der Waals surface area contributed by atoms with Crippen LogP contribution in [0.4, 0.5) is 0 Å². The van der Waals surface area contributed by atoms with Crippen molar-refractivity contribution in [1.29, 1.82) is 0 Å². The summed E-state index contributed by atoms with van der Waals surface area (Å²) in [6, 6.07) is 8.36. The molecule has 0 saturated carbocycles. The molecule has 0 aliphatic heterocycles. The molecule has 1 heteroatoms. The Kier molecular flexibility index (Phi) is 6.28. The Hall–Kier alpha value is -0.820. The van der Waals surface area contributed by atoms with Gasteiger partial charge in [-0.25, -0.2) is 0 Å². The van der Waals surface area contributed by atoms with Crippen LogP contribution in [0.5, 0.6) is 0 Å². The van der Waals surface area contributed by atoms with Crippen molar-refractivity contribution < 1.29 is 5.11 Å². The second-order valence-electron chi connectivity index (χ2n) is 5.01. The molecule has 0 radical (unpaired) electrons. The molecule has 1 aromatic carbocycles. The van der Waals surface area contributed by atoms with Gasteiger partial charge >= 0.3 is 0 Å². The van der Waals surface area contributed by atoms with E-state index in [0.29, 0.717) is 5.92 Å². The average molecular weight is 234 g/mol. The van der Waals surface area contributed by atoms with E-state index in [1.807, 2.05) is 0 Å². The van der Waals surface area contributed by atoms with Crippen molar-refractivity contribution >= 4 is 0 Å². The van der Waals surface area contributed by atoms with Gasteiger partial charge in [0.1, 0.15) is 0 Å². The highest BCUT2D eigenvalue weighted by molar-refractivity contribution is 5.26. The molecule has 0 fully saturated rings. The van der Waals surface area contributed by atoms with Gasteiger partial charge in [0, 0.05) is 0 Å². The Labute approximate surface area is 106 Å². The summed E-state index contributed by atoms with van der Waals surface area (Å²) in [6.07, 6.45) is 5.28. The van der Waals surface area contributed by atoms with Gasteiger partial charge in [0.05, 0.1) is 6.10 Å². The summed E-state index contributed by atoms with van der Waals surface area (Å²) in [5.41, 5.74) is 2.58. The topological polar surface area (TPSA) is 20.2 Å². The lowest BCUT2D eigenvalue weighted by Crippen LogP contribution is -2.22. The molecule has 0 saturated heterocycles. The molecule has 0 aromatic heterocycles. The molecule has 0 bridgehead atoms. The standard InChI is InChI=1S/C16H26O/c1-4-6-10-14(5-2)16(17)12-15-11-8-7-9-13(15)3/h7-9,11,14,16-17H,4-6,10,12H2,1-3H3. The van der Waals surface area contributed by atoms with Crippen LogP contribution in [0.2, 0.25) is 0 Å².